The monoisotopic (exact) mass is 262 g/mol. The Morgan fingerprint density at radius 1 is 1.00 bits per heavy atom. The maximum absolute atomic E-state index is 11.9. The molecule has 0 bridgehead atoms. The molecule has 0 spiro atoms. The summed E-state index contributed by atoms with van der Waals surface area (Å²) in [5.74, 6) is 0.224. The quantitative estimate of drug-likeness (QED) is 0.789. The average molecular weight is 262 g/mol. The summed E-state index contributed by atoms with van der Waals surface area (Å²) in [7, 11) is 0. The summed E-state index contributed by atoms with van der Waals surface area (Å²) in [6.07, 6.45) is 3.04. The minimum atomic E-state index is -0.128. The van der Waals surface area contributed by atoms with Gasteiger partial charge in [0.25, 0.3) is 0 Å². The van der Waals surface area contributed by atoms with Crippen molar-refractivity contribution < 1.29 is 4.79 Å². The lowest BCUT2D eigenvalue weighted by molar-refractivity contribution is -0.115. The van der Waals surface area contributed by atoms with Crippen molar-refractivity contribution in [3.05, 3.63) is 66.4 Å². The smallest absolute Gasteiger partial charge is 0.230 e. The number of aromatic nitrogens is 2. The predicted octanol–water partition coefficient (Wildman–Crippen LogP) is 2.61. The minimum Gasteiger partial charge on any atom is -0.309 e. The van der Waals surface area contributed by atoms with Gasteiger partial charge in [-0.25, -0.2) is 9.97 Å². The molecule has 0 unspecified atom stereocenters. The SMILES string of the molecule is O=C(Cc1ccccc1)Nc1[c]nc2ccccc2n1. The van der Waals surface area contributed by atoms with Crippen LogP contribution in [-0.2, 0) is 11.2 Å². The third-order valence-corrected chi connectivity index (χ3v) is 2.86. The number of hydrogen-bond acceptors (Lipinski definition) is 3. The van der Waals surface area contributed by atoms with Gasteiger partial charge in [-0.3, -0.25) is 4.79 Å². The first-order chi connectivity index (χ1) is 9.81. The van der Waals surface area contributed by atoms with Crippen LogP contribution in [0.1, 0.15) is 5.56 Å². The number of carbonyl (C=O) groups excluding carboxylic acids is 1. The van der Waals surface area contributed by atoms with E-state index in [0.717, 1.165) is 16.6 Å². The predicted molar refractivity (Wildman–Crippen MR) is 77.1 cm³/mol. The van der Waals surface area contributed by atoms with E-state index in [1.165, 1.54) is 0 Å². The summed E-state index contributed by atoms with van der Waals surface area (Å²) in [5.41, 5.74) is 2.45. The number of benzene rings is 2. The number of carbonyl (C=O) groups is 1. The first-order valence-corrected chi connectivity index (χ1v) is 6.29. The van der Waals surface area contributed by atoms with Gasteiger partial charge in [0, 0.05) is 0 Å². The Labute approximate surface area is 116 Å². The van der Waals surface area contributed by atoms with Gasteiger partial charge in [-0.1, -0.05) is 42.5 Å². The van der Waals surface area contributed by atoms with Gasteiger partial charge in [0.2, 0.25) is 5.91 Å². The lowest BCUT2D eigenvalue weighted by Gasteiger charge is -2.04. The van der Waals surface area contributed by atoms with Crippen LogP contribution in [0.4, 0.5) is 5.82 Å². The summed E-state index contributed by atoms with van der Waals surface area (Å²) in [6.45, 7) is 0. The number of hydrogen-bond donors (Lipinski definition) is 1. The van der Waals surface area contributed by atoms with Crippen molar-refractivity contribution in [3.63, 3.8) is 0 Å². The highest BCUT2D eigenvalue weighted by atomic mass is 16.1. The molecule has 1 aromatic heterocycles. The molecule has 1 amide bonds. The van der Waals surface area contributed by atoms with E-state index in [9.17, 15) is 4.79 Å². The molecule has 20 heavy (non-hydrogen) atoms. The second kappa shape index (κ2) is 5.48. The number of amides is 1. The van der Waals surface area contributed by atoms with Gasteiger partial charge in [-0.15, -0.1) is 0 Å². The molecule has 1 heterocycles. The molecule has 0 saturated carbocycles. The summed E-state index contributed by atoms with van der Waals surface area (Å²) in [6, 6.07) is 17.0. The highest BCUT2D eigenvalue weighted by Crippen LogP contribution is 2.11. The molecule has 0 aliphatic heterocycles. The number of para-hydroxylation sites is 2. The zero-order valence-electron chi connectivity index (χ0n) is 10.7. The Bertz CT molecular complexity index is 741. The highest BCUT2D eigenvalue weighted by molar-refractivity contribution is 5.92. The Morgan fingerprint density at radius 2 is 1.70 bits per heavy atom. The average Bonchev–Trinajstić information content (AvgIpc) is 2.48. The van der Waals surface area contributed by atoms with Gasteiger partial charge in [0.15, 0.2) is 5.82 Å². The van der Waals surface area contributed by atoms with Crippen LogP contribution >= 0.6 is 0 Å². The van der Waals surface area contributed by atoms with Gasteiger partial charge in [0.1, 0.15) is 6.20 Å². The molecule has 3 aromatic rings. The molecule has 4 nitrogen and oxygen atoms in total. The van der Waals surface area contributed by atoms with Crippen LogP contribution in [0.25, 0.3) is 11.0 Å². The van der Waals surface area contributed by atoms with Crippen molar-refractivity contribution >= 4 is 22.8 Å². The van der Waals surface area contributed by atoms with Crippen LogP contribution < -0.4 is 5.32 Å². The third-order valence-electron chi connectivity index (χ3n) is 2.86. The molecule has 0 aliphatic carbocycles. The number of nitrogens with zero attached hydrogens (tertiary/aromatic N) is 2. The highest BCUT2D eigenvalue weighted by Gasteiger charge is 2.06. The van der Waals surface area contributed by atoms with E-state index in [-0.39, 0.29) is 5.91 Å². The van der Waals surface area contributed by atoms with E-state index in [2.05, 4.69) is 21.5 Å². The van der Waals surface area contributed by atoms with E-state index >= 15 is 0 Å². The lowest BCUT2D eigenvalue weighted by Crippen LogP contribution is -2.15. The van der Waals surface area contributed by atoms with E-state index < -0.39 is 0 Å². The van der Waals surface area contributed by atoms with Crippen molar-refractivity contribution in [2.45, 2.75) is 6.42 Å². The molecule has 97 valence electrons. The summed E-state index contributed by atoms with van der Waals surface area (Å²) in [5, 5.41) is 2.71. The molecule has 1 N–H and O–H groups in total. The lowest BCUT2D eigenvalue weighted by atomic mass is 10.1. The zero-order chi connectivity index (χ0) is 13.8. The third kappa shape index (κ3) is 2.80. The normalized spacial score (nSPS) is 10.4. The van der Waals surface area contributed by atoms with Crippen molar-refractivity contribution in [2.75, 3.05) is 5.32 Å². The number of nitrogens with one attached hydrogen (secondary N) is 1. The fourth-order valence-corrected chi connectivity index (χ4v) is 1.93. The Balaban J connectivity index is 1.74. The fraction of sp³-hybridized carbons (Fsp3) is 0.0625. The zero-order valence-corrected chi connectivity index (χ0v) is 10.7. The molecule has 4 heteroatoms. The Hall–Kier alpha value is -2.75. The van der Waals surface area contributed by atoms with Gasteiger partial charge in [-0.2, -0.15) is 0 Å². The number of fused-ring (bicyclic) bond motifs is 1. The van der Waals surface area contributed by atoms with Crippen LogP contribution in [0.3, 0.4) is 0 Å². The topological polar surface area (TPSA) is 54.9 Å². The van der Waals surface area contributed by atoms with Crippen LogP contribution in [0.15, 0.2) is 54.6 Å². The molecule has 0 saturated heterocycles. The number of anilines is 1. The Morgan fingerprint density at radius 3 is 2.50 bits per heavy atom. The van der Waals surface area contributed by atoms with Crippen LogP contribution in [0.2, 0.25) is 0 Å². The van der Waals surface area contributed by atoms with Gasteiger partial charge in [0.05, 0.1) is 17.5 Å². The van der Waals surface area contributed by atoms with E-state index in [0.29, 0.717) is 12.2 Å². The molecule has 0 aliphatic rings. The van der Waals surface area contributed by atoms with Crippen LogP contribution in [0, 0.1) is 6.20 Å². The molecule has 0 fully saturated rings. The second-order valence-electron chi connectivity index (χ2n) is 4.38. The number of rotatable bonds is 3. The first-order valence-electron chi connectivity index (χ1n) is 6.29. The Kier molecular flexibility index (Phi) is 3.37. The van der Waals surface area contributed by atoms with E-state index in [1.807, 2.05) is 54.6 Å². The summed E-state index contributed by atoms with van der Waals surface area (Å²) >= 11 is 0. The second-order valence-corrected chi connectivity index (χ2v) is 4.38. The summed E-state index contributed by atoms with van der Waals surface area (Å²) in [4.78, 5) is 20.4. The fourth-order valence-electron chi connectivity index (χ4n) is 1.93. The minimum absolute atomic E-state index is 0.128. The van der Waals surface area contributed by atoms with Crippen molar-refractivity contribution in [3.8, 4) is 0 Å². The molecule has 2 aromatic carbocycles. The van der Waals surface area contributed by atoms with Crippen molar-refractivity contribution in [1.29, 1.82) is 0 Å². The maximum Gasteiger partial charge on any atom is 0.230 e. The van der Waals surface area contributed by atoms with Gasteiger partial charge in [-0.05, 0) is 17.7 Å². The maximum atomic E-state index is 11.9. The van der Waals surface area contributed by atoms with Crippen molar-refractivity contribution in [2.24, 2.45) is 0 Å². The molecular formula is C16H12N3O. The largest absolute Gasteiger partial charge is 0.309 e. The summed E-state index contributed by atoms with van der Waals surface area (Å²) < 4.78 is 0. The van der Waals surface area contributed by atoms with Crippen LogP contribution in [-0.4, -0.2) is 15.9 Å². The van der Waals surface area contributed by atoms with E-state index in [4.69, 9.17) is 0 Å². The standard InChI is InChI=1S/C16H12N3O/c20-16(10-12-6-2-1-3-7-12)19-15-11-17-13-8-4-5-9-14(13)18-15/h1-9H,10H2,(H,18,19,20). The molecule has 0 atom stereocenters. The van der Waals surface area contributed by atoms with Gasteiger partial charge < -0.3 is 5.32 Å². The van der Waals surface area contributed by atoms with Gasteiger partial charge >= 0.3 is 0 Å². The molecule has 3 rings (SSSR count). The molecule has 1 radical (unpaired) electrons. The van der Waals surface area contributed by atoms with Crippen molar-refractivity contribution in [1.82, 2.24) is 9.97 Å². The first kappa shape index (κ1) is 12.3. The van der Waals surface area contributed by atoms with E-state index in [1.54, 1.807) is 0 Å². The van der Waals surface area contributed by atoms with Crippen LogP contribution in [0.5, 0.6) is 0 Å². The molecular weight excluding hydrogens is 250 g/mol.